The van der Waals surface area contributed by atoms with Crippen LogP contribution in [0.3, 0.4) is 0 Å². The van der Waals surface area contributed by atoms with Crippen LogP contribution in [-0.2, 0) is 9.47 Å². The number of para-hydroxylation sites is 1. The summed E-state index contributed by atoms with van der Waals surface area (Å²) in [7, 11) is 0. The van der Waals surface area contributed by atoms with Crippen LogP contribution in [0.4, 0.5) is 11.4 Å². The smallest absolute Gasteiger partial charge is 0.295 e. The summed E-state index contributed by atoms with van der Waals surface area (Å²) in [5.41, 5.74) is 2.36. The molecule has 2 fully saturated rings. The Balaban J connectivity index is 1.48. The maximum absolute atomic E-state index is 11.4. The molecule has 7 heteroatoms. The average Bonchev–Trinajstić information content (AvgIpc) is 3.19. The largest absolute Gasteiger partial charge is 0.381 e. The molecule has 0 radical (unpaired) electrons. The molecule has 1 aromatic carbocycles. The number of nitro benzene ring substituents is 1. The summed E-state index contributed by atoms with van der Waals surface area (Å²) in [6.45, 7) is 6.11. The van der Waals surface area contributed by atoms with E-state index in [1.165, 1.54) is 6.07 Å². The van der Waals surface area contributed by atoms with Gasteiger partial charge in [0.2, 0.25) is 0 Å². The number of non-ortho nitro benzene ring substituents is 1. The molecule has 2 aromatic rings. The molecular formula is C20H25N3O4. The molecule has 4 rings (SSSR count). The van der Waals surface area contributed by atoms with Crippen molar-refractivity contribution < 1.29 is 14.4 Å². The number of piperidine rings is 1. The van der Waals surface area contributed by atoms with Crippen LogP contribution in [0.2, 0.25) is 0 Å². The first-order valence-corrected chi connectivity index (χ1v) is 9.61. The van der Waals surface area contributed by atoms with E-state index in [4.69, 9.17) is 9.47 Å². The second-order valence-electron chi connectivity index (χ2n) is 7.46. The normalized spacial score (nSPS) is 21.1. The molecule has 0 N–H and O–H groups in total. The van der Waals surface area contributed by atoms with Crippen molar-refractivity contribution >= 4 is 22.3 Å². The summed E-state index contributed by atoms with van der Waals surface area (Å²) in [6.07, 6.45) is 3.31. The SMILES string of the molecule is Cc1cc(N2CCC(OCC3CCOC3)CC2)c2cccc([N+](=O)[O-])c2n1. The second-order valence-corrected chi connectivity index (χ2v) is 7.46. The van der Waals surface area contributed by atoms with Crippen molar-refractivity contribution in [1.29, 1.82) is 0 Å². The Hall–Kier alpha value is -2.25. The maximum atomic E-state index is 11.4. The van der Waals surface area contributed by atoms with E-state index in [1.54, 1.807) is 6.07 Å². The Morgan fingerprint density at radius 3 is 2.85 bits per heavy atom. The van der Waals surface area contributed by atoms with Gasteiger partial charge in [0, 0.05) is 48.4 Å². The predicted molar refractivity (Wildman–Crippen MR) is 103 cm³/mol. The van der Waals surface area contributed by atoms with E-state index >= 15 is 0 Å². The second kappa shape index (κ2) is 7.78. The lowest BCUT2D eigenvalue weighted by Crippen LogP contribution is -2.37. The molecule has 1 atom stereocenters. The Morgan fingerprint density at radius 1 is 1.33 bits per heavy atom. The molecule has 27 heavy (non-hydrogen) atoms. The lowest BCUT2D eigenvalue weighted by Gasteiger charge is -2.34. The number of benzene rings is 1. The zero-order valence-electron chi connectivity index (χ0n) is 15.6. The quantitative estimate of drug-likeness (QED) is 0.592. The highest BCUT2D eigenvalue weighted by atomic mass is 16.6. The van der Waals surface area contributed by atoms with Crippen LogP contribution >= 0.6 is 0 Å². The van der Waals surface area contributed by atoms with Gasteiger partial charge in [0.15, 0.2) is 5.52 Å². The van der Waals surface area contributed by atoms with Gasteiger partial charge in [0.25, 0.3) is 5.69 Å². The van der Waals surface area contributed by atoms with E-state index in [2.05, 4.69) is 9.88 Å². The predicted octanol–water partition coefficient (Wildman–Crippen LogP) is 3.47. The first-order chi connectivity index (χ1) is 13.1. The average molecular weight is 371 g/mol. The minimum absolute atomic E-state index is 0.0643. The van der Waals surface area contributed by atoms with Crippen molar-refractivity contribution in [2.24, 2.45) is 5.92 Å². The van der Waals surface area contributed by atoms with Gasteiger partial charge in [0.1, 0.15) is 0 Å². The molecule has 3 heterocycles. The van der Waals surface area contributed by atoms with Crippen molar-refractivity contribution in [3.05, 3.63) is 40.1 Å². The molecule has 144 valence electrons. The monoisotopic (exact) mass is 371 g/mol. The van der Waals surface area contributed by atoms with Gasteiger partial charge in [-0.2, -0.15) is 0 Å². The minimum Gasteiger partial charge on any atom is -0.381 e. The summed E-state index contributed by atoms with van der Waals surface area (Å²) >= 11 is 0. The van der Waals surface area contributed by atoms with Gasteiger partial charge in [-0.25, -0.2) is 4.98 Å². The van der Waals surface area contributed by atoms with E-state index in [0.717, 1.165) is 68.9 Å². The van der Waals surface area contributed by atoms with Gasteiger partial charge < -0.3 is 14.4 Å². The first-order valence-electron chi connectivity index (χ1n) is 9.61. The molecule has 2 aliphatic rings. The van der Waals surface area contributed by atoms with E-state index in [1.807, 2.05) is 19.1 Å². The van der Waals surface area contributed by atoms with E-state index in [9.17, 15) is 10.1 Å². The van der Waals surface area contributed by atoms with Crippen LogP contribution in [0.15, 0.2) is 24.3 Å². The summed E-state index contributed by atoms with van der Waals surface area (Å²) in [5.74, 6) is 0.537. The lowest BCUT2D eigenvalue weighted by molar-refractivity contribution is -0.383. The summed E-state index contributed by atoms with van der Waals surface area (Å²) in [4.78, 5) is 17.7. The van der Waals surface area contributed by atoms with Crippen LogP contribution in [0, 0.1) is 23.0 Å². The molecular weight excluding hydrogens is 346 g/mol. The van der Waals surface area contributed by atoms with Crippen molar-refractivity contribution in [3.8, 4) is 0 Å². The molecule has 0 spiro atoms. The van der Waals surface area contributed by atoms with Crippen LogP contribution in [0.1, 0.15) is 25.0 Å². The third-order valence-electron chi connectivity index (χ3n) is 5.50. The van der Waals surface area contributed by atoms with Crippen LogP contribution in [0.5, 0.6) is 0 Å². The summed E-state index contributed by atoms with van der Waals surface area (Å²) in [6, 6.07) is 7.21. The highest BCUT2D eigenvalue weighted by molar-refractivity contribution is 5.97. The molecule has 2 saturated heterocycles. The highest BCUT2D eigenvalue weighted by Crippen LogP contribution is 2.33. The molecule has 0 saturated carbocycles. The van der Waals surface area contributed by atoms with Gasteiger partial charge in [0.05, 0.1) is 24.2 Å². The highest BCUT2D eigenvalue weighted by Gasteiger charge is 2.25. The third kappa shape index (κ3) is 3.89. The zero-order valence-corrected chi connectivity index (χ0v) is 15.6. The Kier molecular flexibility index (Phi) is 5.22. The number of ether oxygens (including phenoxy) is 2. The van der Waals surface area contributed by atoms with Crippen LogP contribution in [-0.4, -0.2) is 48.9 Å². The Labute approximate surface area is 158 Å². The van der Waals surface area contributed by atoms with Gasteiger partial charge >= 0.3 is 0 Å². The minimum atomic E-state index is -0.356. The lowest BCUT2D eigenvalue weighted by atomic mass is 10.0. The fourth-order valence-electron chi connectivity index (χ4n) is 4.00. The van der Waals surface area contributed by atoms with Gasteiger partial charge in [-0.15, -0.1) is 0 Å². The van der Waals surface area contributed by atoms with Crippen molar-refractivity contribution in [2.45, 2.75) is 32.3 Å². The number of rotatable bonds is 5. The van der Waals surface area contributed by atoms with Crippen LogP contribution < -0.4 is 4.90 Å². The topological polar surface area (TPSA) is 77.7 Å². The number of aryl methyl sites for hydroxylation is 1. The number of aromatic nitrogens is 1. The molecule has 0 amide bonds. The van der Waals surface area contributed by atoms with Gasteiger partial charge in [-0.3, -0.25) is 10.1 Å². The fraction of sp³-hybridized carbons (Fsp3) is 0.550. The molecule has 0 bridgehead atoms. The van der Waals surface area contributed by atoms with Gasteiger partial charge in [-0.1, -0.05) is 12.1 Å². The van der Waals surface area contributed by atoms with Crippen LogP contribution in [0.25, 0.3) is 10.9 Å². The van der Waals surface area contributed by atoms with Crippen molar-refractivity contribution in [2.75, 3.05) is 37.8 Å². The van der Waals surface area contributed by atoms with E-state index in [0.29, 0.717) is 11.4 Å². The molecule has 1 aromatic heterocycles. The summed E-state index contributed by atoms with van der Waals surface area (Å²) in [5, 5.41) is 12.2. The molecule has 0 aliphatic carbocycles. The number of hydrogen-bond donors (Lipinski definition) is 0. The first kappa shape index (κ1) is 18.1. The fourth-order valence-corrected chi connectivity index (χ4v) is 4.00. The number of anilines is 1. The number of hydrogen-bond acceptors (Lipinski definition) is 6. The zero-order chi connectivity index (χ0) is 18.8. The maximum Gasteiger partial charge on any atom is 0.295 e. The van der Waals surface area contributed by atoms with E-state index in [-0.39, 0.29) is 16.7 Å². The summed E-state index contributed by atoms with van der Waals surface area (Å²) < 4.78 is 11.5. The molecule has 2 aliphatic heterocycles. The Bertz CT molecular complexity index is 827. The molecule has 1 unspecified atom stereocenters. The Morgan fingerprint density at radius 2 is 2.15 bits per heavy atom. The van der Waals surface area contributed by atoms with Crippen molar-refractivity contribution in [3.63, 3.8) is 0 Å². The van der Waals surface area contributed by atoms with Crippen molar-refractivity contribution in [1.82, 2.24) is 4.98 Å². The molecule has 7 nitrogen and oxygen atoms in total. The number of nitro groups is 1. The third-order valence-corrected chi connectivity index (χ3v) is 5.50. The number of nitrogens with zero attached hydrogens (tertiary/aromatic N) is 3. The number of pyridine rings is 1. The van der Waals surface area contributed by atoms with E-state index < -0.39 is 0 Å². The number of fused-ring (bicyclic) bond motifs is 1. The standard InChI is InChI=1S/C20H25N3O4/c1-14-11-19(17-3-2-4-18(23(24)25)20(17)21-14)22-8-5-16(6-9-22)27-13-15-7-10-26-12-15/h2-4,11,15-16H,5-10,12-13H2,1H3. The van der Waals surface area contributed by atoms with Gasteiger partial charge in [-0.05, 0) is 32.3 Å².